The molecule has 0 saturated carbocycles. The molecule has 1 aromatic carbocycles. The van der Waals surface area contributed by atoms with Crippen molar-refractivity contribution in [1.82, 2.24) is 9.80 Å². The normalized spacial score (nSPS) is 19.0. The van der Waals surface area contributed by atoms with Crippen molar-refractivity contribution in [3.05, 3.63) is 29.8 Å². The minimum Gasteiger partial charge on any atom is -0.325 e. The van der Waals surface area contributed by atoms with E-state index in [4.69, 9.17) is 0 Å². The first-order valence-electron chi connectivity index (χ1n) is 8.31. The molecule has 1 aliphatic heterocycles. The molecule has 0 bridgehead atoms. The van der Waals surface area contributed by atoms with Gasteiger partial charge in [-0.3, -0.25) is 9.69 Å². The van der Waals surface area contributed by atoms with Crippen LogP contribution in [0.3, 0.4) is 0 Å². The monoisotopic (exact) mass is 303 g/mol. The average Bonchev–Trinajstić information content (AvgIpc) is 2.71. The van der Waals surface area contributed by atoms with Gasteiger partial charge in [-0.25, -0.2) is 0 Å². The topological polar surface area (TPSA) is 35.6 Å². The number of likely N-dealkylation sites (N-methyl/N-ethyl adjacent to an activating group) is 1. The summed E-state index contributed by atoms with van der Waals surface area (Å²) in [5.41, 5.74) is 2.18. The maximum absolute atomic E-state index is 12.5. The van der Waals surface area contributed by atoms with Gasteiger partial charge < -0.3 is 10.2 Å². The Morgan fingerprint density at radius 1 is 1.05 bits per heavy atom. The van der Waals surface area contributed by atoms with Crippen LogP contribution in [-0.2, 0) is 4.79 Å². The van der Waals surface area contributed by atoms with Gasteiger partial charge in [0.25, 0.3) is 0 Å². The van der Waals surface area contributed by atoms with E-state index in [0.29, 0.717) is 5.92 Å². The fourth-order valence-electron chi connectivity index (χ4n) is 2.82. The third kappa shape index (κ3) is 4.55. The highest BCUT2D eigenvalue weighted by atomic mass is 16.2. The second-order valence-electron chi connectivity index (χ2n) is 6.63. The Balaban J connectivity index is 1.93. The van der Waals surface area contributed by atoms with Crippen molar-refractivity contribution < 1.29 is 4.79 Å². The van der Waals surface area contributed by atoms with Gasteiger partial charge >= 0.3 is 0 Å². The highest BCUT2D eigenvalue weighted by Gasteiger charge is 2.23. The molecular weight excluding hydrogens is 274 g/mol. The summed E-state index contributed by atoms with van der Waals surface area (Å²) in [6.07, 6.45) is 1.12. The Morgan fingerprint density at radius 3 is 2.36 bits per heavy atom. The quantitative estimate of drug-likeness (QED) is 0.929. The van der Waals surface area contributed by atoms with Gasteiger partial charge in [-0.2, -0.15) is 0 Å². The number of hydrogen-bond donors (Lipinski definition) is 1. The molecule has 1 aromatic rings. The lowest BCUT2D eigenvalue weighted by molar-refractivity contribution is -0.120. The summed E-state index contributed by atoms with van der Waals surface area (Å²) in [7, 11) is 2.14. The smallest absolute Gasteiger partial charge is 0.241 e. The largest absolute Gasteiger partial charge is 0.325 e. The number of nitrogens with zero attached hydrogens (tertiary/aromatic N) is 2. The molecule has 0 radical (unpaired) electrons. The molecule has 1 amide bonds. The lowest BCUT2D eigenvalue weighted by Crippen LogP contribution is -2.43. The molecule has 1 atom stereocenters. The van der Waals surface area contributed by atoms with Crippen molar-refractivity contribution in [3.8, 4) is 0 Å². The summed E-state index contributed by atoms with van der Waals surface area (Å²) in [5, 5.41) is 3.04. The third-order valence-corrected chi connectivity index (χ3v) is 4.53. The number of rotatable bonds is 4. The van der Waals surface area contributed by atoms with E-state index >= 15 is 0 Å². The van der Waals surface area contributed by atoms with Gasteiger partial charge in [0.05, 0.1) is 6.04 Å². The fourth-order valence-corrected chi connectivity index (χ4v) is 2.82. The van der Waals surface area contributed by atoms with Gasteiger partial charge in [0.15, 0.2) is 0 Å². The second kappa shape index (κ2) is 7.75. The van der Waals surface area contributed by atoms with Gasteiger partial charge in [-0.05, 0) is 50.6 Å². The van der Waals surface area contributed by atoms with Crippen LogP contribution in [0, 0.1) is 0 Å². The third-order valence-electron chi connectivity index (χ3n) is 4.53. The minimum atomic E-state index is -0.0868. The molecule has 2 rings (SSSR count). The standard InChI is InChI=1S/C18H29N3O/c1-14(2)16-6-8-17(9-7-16)19-18(22)15(3)21-11-5-10-20(4)12-13-21/h6-9,14-15H,5,10-13H2,1-4H3,(H,19,22)/t15-/m0/s1. The maximum atomic E-state index is 12.5. The number of anilines is 1. The van der Waals surface area contributed by atoms with E-state index < -0.39 is 0 Å². The predicted molar refractivity (Wildman–Crippen MR) is 92.3 cm³/mol. The van der Waals surface area contributed by atoms with E-state index in [1.54, 1.807) is 0 Å². The van der Waals surface area contributed by atoms with Gasteiger partial charge in [0, 0.05) is 25.3 Å². The van der Waals surface area contributed by atoms with E-state index in [2.05, 4.69) is 48.1 Å². The van der Waals surface area contributed by atoms with Crippen LogP contribution in [0.4, 0.5) is 5.69 Å². The number of amides is 1. The van der Waals surface area contributed by atoms with E-state index in [0.717, 1.165) is 38.3 Å². The molecule has 1 heterocycles. The van der Waals surface area contributed by atoms with Crippen molar-refractivity contribution in [2.24, 2.45) is 0 Å². The predicted octanol–water partition coefficient (Wildman–Crippen LogP) is 2.77. The summed E-state index contributed by atoms with van der Waals surface area (Å²) in [6, 6.07) is 8.08. The first-order valence-corrected chi connectivity index (χ1v) is 8.31. The molecule has 4 heteroatoms. The summed E-state index contributed by atoms with van der Waals surface area (Å²) < 4.78 is 0. The Labute approximate surface area is 134 Å². The zero-order valence-corrected chi connectivity index (χ0v) is 14.3. The van der Waals surface area contributed by atoms with E-state index in [1.807, 2.05) is 19.1 Å². The molecule has 122 valence electrons. The molecule has 0 spiro atoms. The molecule has 22 heavy (non-hydrogen) atoms. The number of benzene rings is 1. The van der Waals surface area contributed by atoms with Gasteiger partial charge in [0.2, 0.25) is 5.91 Å². The molecule has 1 aliphatic rings. The van der Waals surface area contributed by atoms with Crippen LogP contribution in [-0.4, -0.2) is 55.0 Å². The summed E-state index contributed by atoms with van der Waals surface area (Å²) in [4.78, 5) is 17.1. The van der Waals surface area contributed by atoms with Crippen LogP contribution >= 0.6 is 0 Å². The molecule has 0 aliphatic carbocycles. The average molecular weight is 303 g/mol. The van der Waals surface area contributed by atoms with Crippen molar-refractivity contribution >= 4 is 11.6 Å². The SMILES string of the molecule is CC(C)c1ccc(NC(=O)[C@H](C)N2CCCN(C)CC2)cc1. The zero-order valence-electron chi connectivity index (χ0n) is 14.3. The minimum absolute atomic E-state index is 0.0850. The Morgan fingerprint density at radius 2 is 1.73 bits per heavy atom. The van der Waals surface area contributed by atoms with Crippen LogP contribution in [0.1, 0.15) is 38.7 Å². The van der Waals surface area contributed by atoms with Crippen molar-refractivity contribution in [1.29, 1.82) is 0 Å². The molecule has 0 aromatic heterocycles. The summed E-state index contributed by atoms with van der Waals surface area (Å²) in [6.45, 7) is 10.4. The van der Waals surface area contributed by atoms with E-state index in [9.17, 15) is 4.79 Å². The number of carbonyl (C=O) groups is 1. The lowest BCUT2D eigenvalue weighted by atomic mass is 10.0. The van der Waals surface area contributed by atoms with Gasteiger partial charge in [-0.15, -0.1) is 0 Å². The van der Waals surface area contributed by atoms with Crippen LogP contribution in [0.2, 0.25) is 0 Å². The summed E-state index contributed by atoms with van der Waals surface area (Å²) in [5.74, 6) is 0.597. The Kier molecular flexibility index (Phi) is 5.98. The second-order valence-corrected chi connectivity index (χ2v) is 6.63. The van der Waals surface area contributed by atoms with Gasteiger partial charge in [0.1, 0.15) is 0 Å². The molecule has 1 saturated heterocycles. The Bertz CT molecular complexity index is 484. The van der Waals surface area contributed by atoms with Crippen LogP contribution in [0.5, 0.6) is 0 Å². The van der Waals surface area contributed by atoms with Gasteiger partial charge in [-0.1, -0.05) is 26.0 Å². The number of carbonyl (C=O) groups excluding carboxylic acids is 1. The van der Waals surface area contributed by atoms with E-state index in [-0.39, 0.29) is 11.9 Å². The molecule has 1 fully saturated rings. The summed E-state index contributed by atoms with van der Waals surface area (Å²) >= 11 is 0. The van der Waals surface area contributed by atoms with Crippen LogP contribution < -0.4 is 5.32 Å². The lowest BCUT2D eigenvalue weighted by Gasteiger charge is -2.26. The molecular formula is C18H29N3O. The van der Waals surface area contributed by atoms with Crippen molar-refractivity contribution in [2.45, 2.75) is 39.2 Å². The first-order chi connectivity index (χ1) is 10.5. The number of hydrogen-bond acceptors (Lipinski definition) is 3. The van der Waals surface area contributed by atoms with Crippen LogP contribution in [0.25, 0.3) is 0 Å². The van der Waals surface area contributed by atoms with Crippen molar-refractivity contribution in [2.75, 3.05) is 38.5 Å². The zero-order chi connectivity index (χ0) is 16.1. The Hall–Kier alpha value is -1.39. The molecule has 4 nitrogen and oxygen atoms in total. The molecule has 0 unspecified atom stereocenters. The van der Waals surface area contributed by atoms with Crippen molar-refractivity contribution in [3.63, 3.8) is 0 Å². The fraction of sp³-hybridized carbons (Fsp3) is 0.611. The highest BCUT2D eigenvalue weighted by molar-refractivity contribution is 5.94. The number of nitrogens with one attached hydrogen (secondary N) is 1. The van der Waals surface area contributed by atoms with E-state index in [1.165, 1.54) is 5.56 Å². The van der Waals surface area contributed by atoms with Crippen LogP contribution in [0.15, 0.2) is 24.3 Å². The maximum Gasteiger partial charge on any atom is 0.241 e. The first kappa shape index (κ1) is 17.0. The highest BCUT2D eigenvalue weighted by Crippen LogP contribution is 2.17. The molecule has 1 N–H and O–H groups in total.